The van der Waals surface area contributed by atoms with Gasteiger partial charge in [0.25, 0.3) is 0 Å². The number of pyridine rings is 1. The van der Waals surface area contributed by atoms with E-state index in [1.807, 2.05) is 19.2 Å². The summed E-state index contributed by atoms with van der Waals surface area (Å²) in [5, 5.41) is 1.82. The zero-order valence-electron chi connectivity index (χ0n) is 8.86. The van der Waals surface area contributed by atoms with Crippen LogP contribution in [0.5, 0.6) is 0 Å². The van der Waals surface area contributed by atoms with Crippen LogP contribution in [-0.4, -0.2) is 4.98 Å². The zero-order chi connectivity index (χ0) is 11.2. The highest BCUT2D eigenvalue weighted by Crippen LogP contribution is 2.32. The topological polar surface area (TPSA) is 12.9 Å². The molecule has 0 bridgehead atoms. The summed E-state index contributed by atoms with van der Waals surface area (Å²) in [6.45, 7) is 6.12. The Kier molecular flexibility index (Phi) is 2.73. The van der Waals surface area contributed by atoms with Gasteiger partial charge in [-0.3, -0.25) is 4.98 Å². The van der Waals surface area contributed by atoms with Gasteiger partial charge in [-0.1, -0.05) is 27.5 Å². The van der Waals surface area contributed by atoms with Gasteiger partial charge in [-0.05, 0) is 43.5 Å². The Morgan fingerprint density at radius 3 is 2.53 bits per heavy atom. The molecule has 0 atom stereocenters. The molecule has 0 aliphatic rings. The van der Waals surface area contributed by atoms with Crippen molar-refractivity contribution in [2.45, 2.75) is 20.8 Å². The maximum Gasteiger partial charge on any atom is 0.0749 e. The summed E-state index contributed by atoms with van der Waals surface area (Å²) in [5.41, 5.74) is 4.40. The fourth-order valence-corrected chi connectivity index (χ4v) is 2.35. The van der Waals surface area contributed by atoms with Crippen molar-refractivity contribution in [2.75, 3.05) is 0 Å². The summed E-state index contributed by atoms with van der Waals surface area (Å²) in [7, 11) is 0. The minimum Gasteiger partial charge on any atom is -0.256 e. The molecule has 0 fully saturated rings. The lowest BCUT2D eigenvalue weighted by Gasteiger charge is -2.10. The molecule has 3 heteroatoms. The second kappa shape index (κ2) is 3.76. The average Bonchev–Trinajstić information content (AvgIpc) is 2.21. The van der Waals surface area contributed by atoms with E-state index in [9.17, 15) is 0 Å². The molecule has 78 valence electrons. The smallest absolute Gasteiger partial charge is 0.0749 e. The minimum absolute atomic E-state index is 0.795. The Labute approximate surface area is 103 Å². The normalized spacial score (nSPS) is 11.0. The quantitative estimate of drug-likeness (QED) is 0.690. The number of aryl methyl sites for hydroxylation is 2. The van der Waals surface area contributed by atoms with Gasteiger partial charge in [-0.15, -0.1) is 0 Å². The van der Waals surface area contributed by atoms with Gasteiger partial charge in [0, 0.05) is 16.1 Å². The van der Waals surface area contributed by atoms with E-state index in [-0.39, 0.29) is 0 Å². The van der Waals surface area contributed by atoms with Crippen molar-refractivity contribution in [3.05, 3.63) is 38.4 Å². The number of benzene rings is 1. The molecule has 0 radical (unpaired) electrons. The van der Waals surface area contributed by atoms with Crippen LogP contribution in [0.4, 0.5) is 0 Å². The number of aromatic nitrogens is 1. The first kappa shape index (κ1) is 10.9. The van der Waals surface area contributed by atoms with Crippen LogP contribution in [0.15, 0.2) is 16.7 Å². The highest BCUT2D eigenvalue weighted by atomic mass is 79.9. The van der Waals surface area contributed by atoms with E-state index in [1.165, 1.54) is 11.1 Å². The fourth-order valence-electron chi connectivity index (χ4n) is 1.63. The number of halogens is 2. The van der Waals surface area contributed by atoms with Gasteiger partial charge < -0.3 is 0 Å². The number of nitrogens with zero attached hydrogens (tertiary/aromatic N) is 1. The molecule has 0 saturated heterocycles. The Morgan fingerprint density at radius 2 is 1.87 bits per heavy atom. The minimum atomic E-state index is 0.795. The molecule has 0 unspecified atom stereocenters. The summed E-state index contributed by atoms with van der Waals surface area (Å²) < 4.78 is 1.08. The van der Waals surface area contributed by atoms with Crippen molar-refractivity contribution in [1.29, 1.82) is 0 Å². The molecule has 0 amide bonds. The van der Waals surface area contributed by atoms with E-state index in [0.29, 0.717) is 0 Å². The molecule has 1 heterocycles. The molecule has 1 aromatic heterocycles. The van der Waals surface area contributed by atoms with Crippen LogP contribution in [0, 0.1) is 20.8 Å². The first-order valence-corrected chi connectivity index (χ1v) is 5.90. The van der Waals surface area contributed by atoms with Crippen molar-refractivity contribution >= 4 is 38.4 Å². The maximum absolute atomic E-state index is 6.26. The molecule has 0 aliphatic heterocycles. The lowest BCUT2D eigenvalue weighted by Crippen LogP contribution is -1.91. The van der Waals surface area contributed by atoms with Crippen LogP contribution in [0.1, 0.15) is 16.7 Å². The Morgan fingerprint density at radius 1 is 1.20 bits per heavy atom. The van der Waals surface area contributed by atoms with Crippen molar-refractivity contribution in [3.8, 4) is 0 Å². The molecule has 1 aromatic carbocycles. The fraction of sp³-hybridized carbons (Fsp3) is 0.250. The van der Waals surface area contributed by atoms with Crippen LogP contribution in [0.25, 0.3) is 10.9 Å². The SMILES string of the molecule is Cc1cnc2c(C)c(C)c(Br)cc2c1Cl. The van der Waals surface area contributed by atoms with Crippen LogP contribution < -0.4 is 0 Å². The predicted octanol–water partition coefficient (Wildman–Crippen LogP) is 4.58. The first-order valence-electron chi connectivity index (χ1n) is 4.73. The number of hydrogen-bond acceptors (Lipinski definition) is 1. The Balaban J connectivity index is 2.98. The van der Waals surface area contributed by atoms with Crippen LogP contribution >= 0.6 is 27.5 Å². The Bertz CT molecular complexity index is 549. The van der Waals surface area contributed by atoms with E-state index in [1.54, 1.807) is 0 Å². The molecule has 15 heavy (non-hydrogen) atoms. The molecule has 0 aliphatic carbocycles. The van der Waals surface area contributed by atoms with Gasteiger partial charge in [0.15, 0.2) is 0 Å². The summed E-state index contributed by atoms with van der Waals surface area (Å²) >= 11 is 9.80. The van der Waals surface area contributed by atoms with Gasteiger partial charge in [-0.25, -0.2) is 0 Å². The van der Waals surface area contributed by atoms with E-state index in [4.69, 9.17) is 11.6 Å². The first-order chi connectivity index (χ1) is 7.02. The molecule has 1 nitrogen and oxygen atoms in total. The molecule has 0 saturated carbocycles. The lowest BCUT2D eigenvalue weighted by atomic mass is 10.0. The van der Waals surface area contributed by atoms with Gasteiger partial charge in [-0.2, -0.15) is 0 Å². The average molecular weight is 285 g/mol. The summed E-state index contributed by atoms with van der Waals surface area (Å²) in [6, 6.07) is 2.04. The second-order valence-corrected chi connectivity index (χ2v) is 4.99. The second-order valence-electron chi connectivity index (χ2n) is 3.76. The summed E-state index contributed by atoms with van der Waals surface area (Å²) in [6.07, 6.45) is 1.82. The maximum atomic E-state index is 6.26. The standard InChI is InChI=1S/C12H11BrClN/c1-6-5-15-12-8(3)7(2)10(13)4-9(12)11(6)14/h4-5H,1-3H3. The van der Waals surface area contributed by atoms with Crippen molar-refractivity contribution in [2.24, 2.45) is 0 Å². The third-order valence-corrected chi connectivity index (χ3v) is 4.10. The molecular formula is C12H11BrClN. The van der Waals surface area contributed by atoms with Gasteiger partial charge in [0.05, 0.1) is 10.5 Å². The van der Waals surface area contributed by atoms with Crippen molar-refractivity contribution < 1.29 is 0 Å². The molecule has 2 aromatic rings. The van der Waals surface area contributed by atoms with Crippen molar-refractivity contribution in [1.82, 2.24) is 4.98 Å². The van der Waals surface area contributed by atoms with Gasteiger partial charge in [0.1, 0.15) is 0 Å². The summed E-state index contributed by atoms with van der Waals surface area (Å²) in [5.74, 6) is 0. The lowest BCUT2D eigenvalue weighted by molar-refractivity contribution is 1.27. The van der Waals surface area contributed by atoms with E-state index in [2.05, 4.69) is 34.8 Å². The van der Waals surface area contributed by atoms with Crippen LogP contribution in [0.3, 0.4) is 0 Å². The van der Waals surface area contributed by atoms with Gasteiger partial charge >= 0.3 is 0 Å². The molecular weight excluding hydrogens is 273 g/mol. The van der Waals surface area contributed by atoms with E-state index in [0.717, 1.165) is 26.0 Å². The third-order valence-electron chi connectivity index (χ3n) is 2.77. The summed E-state index contributed by atoms with van der Waals surface area (Å²) in [4.78, 5) is 4.44. The third kappa shape index (κ3) is 1.66. The van der Waals surface area contributed by atoms with Crippen LogP contribution in [0.2, 0.25) is 5.02 Å². The highest BCUT2D eigenvalue weighted by molar-refractivity contribution is 9.10. The van der Waals surface area contributed by atoms with Crippen LogP contribution in [-0.2, 0) is 0 Å². The number of rotatable bonds is 0. The predicted molar refractivity (Wildman–Crippen MR) is 68.7 cm³/mol. The number of fused-ring (bicyclic) bond motifs is 1. The molecule has 0 spiro atoms. The number of hydrogen-bond donors (Lipinski definition) is 0. The van der Waals surface area contributed by atoms with E-state index < -0.39 is 0 Å². The Hall–Kier alpha value is -0.600. The van der Waals surface area contributed by atoms with Gasteiger partial charge in [0.2, 0.25) is 0 Å². The zero-order valence-corrected chi connectivity index (χ0v) is 11.2. The van der Waals surface area contributed by atoms with E-state index >= 15 is 0 Å². The molecule has 2 rings (SSSR count). The largest absolute Gasteiger partial charge is 0.256 e. The highest BCUT2D eigenvalue weighted by Gasteiger charge is 2.10. The molecule has 0 N–H and O–H groups in total. The monoisotopic (exact) mass is 283 g/mol. The van der Waals surface area contributed by atoms with Crippen molar-refractivity contribution in [3.63, 3.8) is 0 Å².